The third-order valence-corrected chi connectivity index (χ3v) is 7.54. The fourth-order valence-corrected chi connectivity index (χ4v) is 5.41. The summed E-state index contributed by atoms with van der Waals surface area (Å²) in [6.07, 6.45) is 5.10. The summed E-state index contributed by atoms with van der Waals surface area (Å²) in [5.74, 6) is -1.84. The van der Waals surface area contributed by atoms with E-state index in [0.29, 0.717) is 51.8 Å². The van der Waals surface area contributed by atoms with E-state index < -0.39 is 5.97 Å². The van der Waals surface area contributed by atoms with E-state index in [-0.39, 0.29) is 36.0 Å². The number of rotatable bonds is 6. The molecule has 2 heterocycles. The summed E-state index contributed by atoms with van der Waals surface area (Å²) < 4.78 is 5.44. The number of ketones is 1. The first-order valence-electron chi connectivity index (χ1n) is 13.2. The van der Waals surface area contributed by atoms with Crippen LogP contribution < -0.4 is 4.90 Å². The third-order valence-electron chi connectivity index (χ3n) is 7.54. The number of carbonyl (C=O) groups excluding carboxylic acids is 4. The number of nitrogens with zero attached hydrogens (tertiary/aromatic N) is 2. The topological polar surface area (TPSA) is 93.6 Å². The number of hydrogen-bond donors (Lipinski definition) is 0. The molecule has 0 radical (unpaired) electrons. The fourth-order valence-electron chi connectivity index (χ4n) is 5.41. The van der Waals surface area contributed by atoms with Crippen LogP contribution in [0.15, 0.2) is 91.0 Å². The molecule has 3 aromatic carbocycles. The van der Waals surface area contributed by atoms with Gasteiger partial charge in [0, 0.05) is 16.5 Å². The number of hydrogen-bond acceptors (Lipinski definition) is 6. The van der Waals surface area contributed by atoms with Crippen LogP contribution in [0.25, 0.3) is 22.2 Å². The number of esters is 1. The number of allylic oxidation sites excluding steroid dienone is 2. The average Bonchev–Trinajstić information content (AvgIpc) is 3.25. The van der Waals surface area contributed by atoms with Crippen molar-refractivity contribution in [3.8, 4) is 11.3 Å². The van der Waals surface area contributed by atoms with Crippen molar-refractivity contribution in [1.29, 1.82) is 0 Å². The number of aryl methyl sites for hydroxylation is 1. The third kappa shape index (κ3) is 4.60. The van der Waals surface area contributed by atoms with E-state index in [1.807, 2.05) is 43.3 Å². The highest BCUT2D eigenvalue weighted by molar-refractivity contribution is 6.22. The molecule has 0 unspecified atom stereocenters. The standard InChI is InChI=1S/C33H26N2O5/c1-20-11-16-28-26(17-20)27(33(39)40-19-30(36)22-7-3-2-4-8-22)18-29(34-28)21-12-14-23(15-13-21)35-31(37)24-9-5-6-10-25(24)32(35)38/h2-8,11-18,24-25H,9-10,19H2,1H3/t24-,25+. The first kappa shape index (κ1) is 25.4. The van der Waals surface area contributed by atoms with Crippen molar-refractivity contribution in [2.24, 2.45) is 11.8 Å². The number of aromatic nitrogens is 1. The summed E-state index contributed by atoms with van der Waals surface area (Å²) in [5, 5.41) is 0.627. The maximum absolute atomic E-state index is 13.2. The summed E-state index contributed by atoms with van der Waals surface area (Å²) in [5.41, 5.74) is 4.09. The summed E-state index contributed by atoms with van der Waals surface area (Å²) in [4.78, 5) is 57.7. The second-order valence-electron chi connectivity index (χ2n) is 10.2. The number of Topliss-reactive ketones (excluding diaryl/α,β-unsaturated/α-hetero) is 1. The summed E-state index contributed by atoms with van der Waals surface area (Å²) in [6, 6.07) is 23.0. The summed E-state index contributed by atoms with van der Waals surface area (Å²) in [6.45, 7) is 1.55. The molecule has 198 valence electrons. The van der Waals surface area contributed by atoms with Gasteiger partial charge in [0.1, 0.15) is 0 Å². The fraction of sp³-hybridized carbons (Fsp3) is 0.182. The van der Waals surface area contributed by atoms with Gasteiger partial charge >= 0.3 is 5.97 Å². The highest BCUT2D eigenvalue weighted by Gasteiger charge is 2.47. The molecule has 1 aliphatic carbocycles. The molecule has 1 aromatic heterocycles. The van der Waals surface area contributed by atoms with E-state index in [2.05, 4.69) is 0 Å². The van der Waals surface area contributed by atoms with E-state index >= 15 is 0 Å². The molecular weight excluding hydrogens is 504 g/mol. The number of ether oxygens (including phenoxy) is 1. The number of imide groups is 1. The average molecular weight is 531 g/mol. The first-order chi connectivity index (χ1) is 19.4. The summed E-state index contributed by atoms with van der Waals surface area (Å²) in [7, 11) is 0. The quantitative estimate of drug-likeness (QED) is 0.137. The van der Waals surface area contributed by atoms with Gasteiger partial charge in [-0.1, -0.05) is 66.2 Å². The van der Waals surface area contributed by atoms with Gasteiger partial charge in [0.05, 0.1) is 34.3 Å². The maximum atomic E-state index is 13.2. The van der Waals surface area contributed by atoms with Crippen molar-refractivity contribution in [2.75, 3.05) is 11.5 Å². The lowest BCUT2D eigenvalue weighted by atomic mass is 9.85. The van der Waals surface area contributed by atoms with Crippen LogP contribution in [0.1, 0.15) is 39.1 Å². The lowest BCUT2D eigenvalue weighted by molar-refractivity contribution is -0.122. The molecular formula is C33H26N2O5. The molecule has 0 N–H and O–H groups in total. The molecule has 2 atom stereocenters. The highest BCUT2D eigenvalue weighted by Crippen LogP contribution is 2.38. The van der Waals surface area contributed by atoms with Gasteiger partial charge in [0.2, 0.25) is 11.8 Å². The molecule has 0 saturated carbocycles. The van der Waals surface area contributed by atoms with E-state index in [1.165, 1.54) is 4.90 Å². The molecule has 7 heteroatoms. The number of anilines is 1. The predicted molar refractivity (Wildman–Crippen MR) is 151 cm³/mol. The zero-order valence-corrected chi connectivity index (χ0v) is 21.9. The molecule has 0 bridgehead atoms. The smallest absolute Gasteiger partial charge is 0.339 e. The molecule has 7 nitrogen and oxygen atoms in total. The van der Waals surface area contributed by atoms with Crippen LogP contribution in [0.5, 0.6) is 0 Å². The molecule has 2 amide bonds. The Kier molecular flexibility index (Phi) is 6.56. The van der Waals surface area contributed by atoms with E-state index in [1.54, 1.807) is 54.6 Å². The molecule has 40 heavy (non-hydrogen) atoms. The van der Waals surface area contributed by atoms with Crippen molar-refractivity contribution in [3.05, 3.63) is 108 Å². The largest absolute Gasteiger partial charge is 0.454 e. The monoisotopic (exact) mass is 530 g/mol. The van der Waals surface area contributed by atoms with Gasteiger partial charge in [-0.25, -0.2) is 9.78 Å². The van der Waals surface area contributed by atoms with Crippen LogP contribution in [0.3, 0.4) is 0 Å². The van der Waals surface area contributed by atoms with Crippen LogP contribution in [0, 0.1) is 18.8 Å². The Morgan fingerprint density at radius 1 is 0.875 bits per heavy atom. The minimum Gasteiger partial charge on any atom is -0.454 e. The molecule has 6 rings (SSSR count). The van der Waals surface area contributed by atoms with Gasteiger partial charge < -0.3 is 4.74 Å². The Balaban J connectivity index is 1.29. The first-order valence-corrected chi connectivity index (χ1v) is 13.2. The van der Waals surface area contributed by atoms with Crippen LogP contribution in [-0.2, 0) is 14.3 Å². The van der Waals surface area contributed by atoms with Gasteiger partial charge in [-0.05, 0) is 50.1 Å². The van der Waals surface area contributed by atoms with Gasteiger partial charge in [0.15, 0.2) is 12.4 Å². The normalized spacial score (nSPS) is 18.2. The Labute approximate surface area is 231 Å². The van der Waals surface area contributed by atoms with E-state index in [9.17, 15) is 19.2 Å². The van der Waals surface area contributed by atoms with Crippen LogP contribution >= 0.6 is 0 Å². The van der Waals surface area contributed by atoms with E-state index in [0.717, 1.165) is 5.56 Å². The van der Waals surface area contributed by atoms with Crippen molar-refractivity contribution < 1.29 is 23.9 Å². The van der Waals surface area contributed by atoms with Gasteiger partial charge in [-0.3, -0.25) is 19.3 Å². The van der Waals surface area contributed by atoms with Crippen molar-refractivity contribution >= 4 is 40.2 Å². The minimum atomic E-state index is -0.621. The van der Waals surface area contributed by atoms with Gasteiger partial charge in [0.25, 0.3) is 0 Å². The van der Waals surface area contributed by atoms with Gasteiger partial charge in [-0.2, -0.15) is 0 Å². The molecule has 1 aliphatic heterocycles. The molecule has 0 spiro atoms. The Morgan fingerprint density at radius 2 is 1.55 bits per heavy atom. The Hall–Kier alpha value is -4.91. The lowest BCUT2D eigenvalue weighted by Gasteiger charge is -2.15. The van der Waals surface area contributed by atoms with Crippen LogP contribution in [0.2, 0.25) is 0 Å². The number of carbonyl (C=O) groups is 4. The van der Waals surface area contributed by atoms with Gasteiger partial charge in [-0.15, -0.1) is 0 Å². The summed E-state index contributed by atoms with van der Waals surface area (Å²) >= 11 is 0. The lowest BCUT2D eigenvalue weighted by Crippen LogP contribution is -2.30. The van der Waals surface area contributed by atoms with Crippen LogP contribution in [-0.4, -0.2) is 35.2 Å². The number of benzene rings is 3. The molecule has 2 aliphatic rings. The number of amides is 2. The van der Waals surface area contributed by atoms with Crippen LogP contribution in [0.4, 0.5) is 5.69 Å². The second kappa shape index (κ2) is 10.3. The van der Waals surface area contributed by atoms with Crippen molar-refractivity contribution in [2.45, 2.75) is 19.8 Å². The SMILES string of the molecule is Cc1ccc2nc(-c3ccc(N4C(=O)[C@H]5CC=CC[C@H]5C4=O)cc3)cc(C(=O)OCC(=O)c3ccccc3)c2c1. The zero-order chi connectivity index (χ0) is 27.8. The Morgan fingerprint density at radius 3 is 2.23 bits per heavy atom. The molecule has 1 saturated heterocycles. The van der Waals surface area contributed by atoms with Crippen molar-refractivity contribution in [3.63, 3.8) is 0 Å². The Bertz CT molecular complexity index is 1670. The number of pyridine rings is 1. The predicted octanol–water partition coefficient (Wildman–Crippen LogP) is 5.71. The second-order valence-corrected chi connectivity index (χ2v) is 10.2. The van der Waals surface area contributed by atoms with E-state index in [4.69, 9.17) is 9.72 Å². The molecule has 4 aromatic rings. The molecule has 1 fully saturated rings. The minimum absolute atomic E-state index is 0.165. The zero-order valence-electron chi connectivity index (χ0n) is 21.9. The number of fused-ring (bicyclic) bond motifs is 2. The highest BCUT2D eigenvalue weighted by atomic mass is 16.5. The maximum Gasteiger partial charge on any atom is 0.339 e. The van der Waals surface area contributed by atoms with Crippen molar-refractivity contribution in [1.82, 2.24) is 4.98 Å².